The molecule has 0 aromatic carbocycles. The van der Waals surface area contributed by atoms with Gasteiger partial charge >= 0.3 is 0 Å². The standard InChI is InChI=1S/C13H23N3O/c1-3-4-6-12(2)13(17)15-7-5-9-16-10-8-14-11-16/h8,10-12H,3-7,9H2,1-2H3,(H,15,17). The first-order chi connectivity index (χ1) is 8.24. The van der Waals surface area contributed by atoms with Crippen LogP contribution in [0.2, 0.25) is 0 Å². The Kier molecular flexibility index (Phi) is 6.37. The first kappa shape index (κ1) is 13.7. The average molecular weight is 237 g/mol. The molecule has 1 atom stereocenters. The zero-order valence-electron chi connectivity index (χ0n) is 10.9. The number of rotatable bonds is 8. The van der Waals surface area contributed by atoms with Crippen molar-refractivity contribution in [3.05, 3.63) is 18.7 Å². The van der Waals surface area contributed by atoms with Crippen molar-refractivity contribution in [3.63, 3.8) is 0 Å². The molecule has 0 bridgehead atoms. The third-order valence-electron chi connectivity index (χ3n) is 2.89. The van der Waals surface area contributed by atoms with Crippen LogP contribution in [0.15, 0.2) is 18.7 Å². The van der Waals surface area contributed by atoms with Crippen LogP contribution in [0, 0.1) is 5.92 Å². The molecule has 0 radical (unpaired) electrons. The van der Waals surface area contributed by atoms with Crippen LogP contribution in [0.5, 0.6) is 0 Å². The van der Waals surface area contributed by atoms with Crippen LogP contribution >= 0.6 is 0 Å². The predicted octanol–water partition coefficient (Wildman–Crippen LogP) is 2.22. The van der Waals surface area contributed by atoms with Crippen molar-refractivity contribution in [2.45, 2.75) is 46.1 Å². The fourth-order valence-corrected chi connectivity index (χ4v) is 1.71. The summed E-state index contributed by atoms with van der Waals surface area (Å²) < 4.78 is 2.02. The van der Waals surface area contributed by atoms with Crippen molar-refractivity contribution in [2.75, 3.05) is 6.54 Å². The Morgan fingerprint density at radius 2 is 2.29 bits per heavy atom. The lowest BCUT2D eigenvalue weighted by Crippen LogP contribution is -2.30. The highest BCUT2D eigenvalue weighted by Gasteiger charge is 2.10. The Bertz CT molecular complexity index is 308. The summed E-state index contributed by atoms with van der Waals surface area (Å²) in [6.07, 6.45) is 9.72. The second-order valence-corrected chi connectivity index (χ2v) is 4.49. The topological polar surface area (TPSA) is 46.9 Å². The molecule has 4 heteroatoms. The maximum absolute atomic E-state index is 11.7. The van der Waals surface area contributed by atoms with Gasteiger partial charge in [0.1, 0.15) is 0 Å². The van der Waals surface area contributed by atoms with E-state index >= 15 is 0 Å². The molecule has 0 aliphatic rings. The van der Waals surface area contributed by atoms with E-state index in [1.807, 2.05) is 17.7 Å². The number of nitrogens with zero attached hydrogens (tertiary/aromatic N) is 2. The van der Waals surface area contributed by atoms with Crippen LogP contribution in [0.3, 0.4) is 0 Å². The number of hydrogen-bond acceptors (Lipinski definition) is 2. The van der Waals surface area contributed by atoms with Gasteiger partial charge in [-0.1, -0.05) is 26.7 Å². The first-order valence-electron chi connectivity index (χ1n) is 6.47. The molecule has 1 aromatic rings. The zero-order chi connectivity index (χ0) is 12.5. The predicted molar refractivity (Wildman–Crippen MR) is 68.5 cm³/mol. The number of unbranched alkanes of at least 4 members (excludes halogenated alkanes) is 1. The molecule has 0 saturated carbocycles. The third-order valence-corrected chi connectivity index (χ3v) is 2.89. The molecular weight excluding hydrogens is 214 g/mol. The van der Waals surface area contributed by atoms with Crippen LogP contribution in [0.4, 0.5) is 0 Å². The summed E-state index contributed by atoms with van der Waals surface area (Å²) in [5.74, 6) is 0.326. The van der Waals surface area contributed by atoms with E-state index < -0.39 is 0 Å². The summed E-state index contributed by atoms with van der Waals surface area (Å²) in [4.78, 5) is 15.7. The van der Waals surface area contributed by atoms with E-state index in [4.69, 9.17) is 0 Å². The molecule has 0 fully saturated rings. The fourth-order valence-electron chi connectivity index (χ4n) is 1.71. The van der Waals surface area contributed by atoms with E-state index in [1.54, 1.807) is 12.5 Å². The minimum atomic E-state index is 0.142. The average Bonchev–Trinajstić information content (AvgIpc) is 2.84. The van der Waals surface area contributed by atoms with Crippen LogP contribution in [-0.4, -0.2) is 22.0 Å². The molecule has 4 nitrogen and oxygen atoms in total. The van der Waals surface area contributed by atoms with Crippen LogP contribution < -0.4 is 5.32 Å². The van der Waals surface area contributed by atoms with Crippen molar-refractivity contribution in [1.82, 2.24) is 14.9 Å². The number of amides is 1. The van der Waals surface area contributed by atoms with Gasteiger partial charge in [-0.2, -0.15) is 0 Å². The normalized spacial score (nSPS) is 12.4. The van der Waals surface area contributed by atoms with Crippen LogP contribution in [-0.2, 0) is 11.3 Å². The SMILES string of the molecule is CCCCC(C)C(=O)NCCCn1ccnc1. The summed E-state index contributed by atoms with van der Waals surface area (Å²) in [6, 6.07) is 0. The Hall–Kier alpha value is -1.32. The van der Waals surface area contributed by atoms with Crippen LogP contribution in [0.1, 0.15) is 39.5 Å². The molecule has 1 N–H and O–H groups in total. The van der Waals surface area contributed by atoms with E-state index in [0.29, 0.717) is 0 Å². The van der Waals surface area contributed by atoms with Gasteiger partial charge in [-0.15, -0.1) is 0 Å². The minimum absolute atomic E-state index is 0.142. The van der Waals surface area contributed by atoms with E-state index in [-0.39, 0.29) is 11.8 Å². The zero-order valence-corrected chi connectivity index (χ0v) is 10.9. The van der Waals surface area contributed by atoms with Crippen LogP contribution in [0.25, 0.3) is 0 Å². The van der Waals surface area contributed by atoms with Crippen molar-refractivity contribution < 1.29 is 4.79 Å². The molecule has 0 spiro atoms. The van der Waals surface area contributed by atoms with Gasteiger partial charge in [0.2, 0.25) is 5.91 Å². The molecule has 0 aliphatic heterocycles. The maximum Gasteiger partial charge on any atom is 0.222 e. The molecular formula is C13H23N3O. The van der Waals surface area contributed by atoms with Crippen molar-refractivity contribution in [2.24, 2.45) is 5.92 Å². The van der Waals surface area contributed by atoms with Gasteiger partial charge in [0.15, 0.2) is 0 Å². The van der Waals surface area contributed by atoms with Crippen molar-refractivity contribution in [3.8, 4) is 0 Å². The number of imidazole rings is 1. The highest BCUT2D eigenvalue weighted by molar-refractivity contribution is 5.78. The Labute approximate surface area is 103 Å². The number of aromatic nitrogens is 2. The fraction of sp³-hybridized carbons (Fsp3) is 0.692. The molecule has 1 unspecified atom stereocenters. The van der Waals surface area contributed by atoms with Gasteiger partial charge in [-0.3, -0.25) is 4.79 Å². The van der Waals surface area contributed by atoms with Gasteiger partial charge in [0.05, 0.1) is 6.33 Å². The quantitative estimate of drug-likeness (QED) is 0.705. The molecule has 1 aromatic heterocycles. The highest BCUT2D eigenvalue weighted by atomic mass is 16.1. The van der Waals surface area contributed by atoms with E-state index in [2.05, 4.69) is 17.2 Å². The minimum Gasteiger partial charge on any atom is -0.356 e. The second kappa shape index (κ2) is 7.87. The Morgan fingerprint density at radius 3 is 2.94 bits per heavy atom. The monoisotopic (exact) mass is 237 g/mol. The third kappa shape index (κ3) is 5.52. The van der Waals surface area contributed by atoms with E-state index in [9.17, 15) is 4.79 Å². The maximum atomic E-state index is 11.7. The molecule has 1 heterocycles. The molecule has 1 amide bonds. The number of hydrogen-bond donors (Lipinski definition) is 1. The number of nitrogens with one attached hydrogen (secondary N) is 1. The summed E-state index contributed by atoms with van der Waals surface area (Å²) in [7, 11) is 0. The smallest absolute Gasteiger partial charge is 0.222 e. The van der Waals surface area contributed by atoms with Crippen molar-refractivity contribution in [1.29, 1.82) is 0 Å². The van der Waals surface area contributed by atoms with Gasteiger partial charge in [-0.25, -0.2) is 4.98 Å². The summed E-state index contributed by atoms with van der Waals surface area (Å²) >= 11 is 0. The Morgan fingerprint density at radius 1 is 1.47 bits per heavy atom. The Balaban J connectivity index is 2.07. The van der Waals surface area contributed by atoms with Gasteiger partial charge in [-0.05, 0) is 12.8 Å². The van der Waals surface area contributed by atoms with E-state index in [0.717, 1.165) is 38.8 Å². The molecule has 0 saturated heterocycles. The molecule has 96 valence electrons. The lowest BCUT2D eigenvalue weighted by Gasteiger charge is -2.11. The lowest BCUT2D eigenvalue weighted by atomic mass is 10.0. The van der Waals surface area contributed by atoms with Crippen molar-refractivity contribution >= 4 is 5.91 Å². The van der Waals surface area contributed by atoms with Gasteiger partial charge < -0.3 is 9.88 Å². The summed E-state index contributed by atoms with van der Waals surface area (Å²) in [5.41, 5.74) is 0. The number of carbonyl (C=O) groups is 1. The highest BCUT2D eigenvalue weighted by Crippen LogP contribution is 2.07. The molecule has 1 rings (SSSR count). The second-order valence-electron chi connectivity index (χ2n) is 4.49. The van der Waals surface area contributed by atoms with E-state index in [1.165, 1.54) is 0 Å². The summed E-state index contributed by atoms with van der Waals surface area (Å²) in [5, 5.41) is 2.98. The number of aryl methyl sites for hydroxylation is 1. The first-order valence-corrected chi connectivity index (χ1v) is 6.47. The summed E-state index contributed by atoms with van der Waals surface area (Å²) in [6.45, 7) is 5.80. The molecule has 17 heavy (non-hydrogen) atoms. The number of carbonyl (C=O) groups excluding carboxylic acids is 1. The lowest BCUT2D eigenvalue weighted by molar-refractivity contribution is -0.124. The largest absolute Gasteiger partial charge is 0.356 e. The molecule has 0 aliphatic carbocycles. The van der Waals surface area contributed by atoms with Gasteiger partial charge in [0, 0.05) is 31.4 Å². The van der Waals surface area contributed by atoms with Gasteiger partial charge in [0.25, 0.3) is 0 Å².